The first-order valence-electron chi connectivity index (χ1n) is 9.98. The van der Waals surface area contributed by atoms with Crippen LogP contribution in [-0.4, -0.2) is 37.0 Å². The van der Waals surface area contributed by atoms with Gasteiger partial charge in [-0.1, -0.05) is 53.6 Å². The molecule has 140 valence electrons. The highest BCUT2D eigenvalue weighted by atomic mass is 16.2. The minimum Gasteiger partial charge on any atom is -0.312 e. The Morgan fingerprint density at radius 2 is 1.78 bits per heavy atom. The molecule has 0 atom stereocenters. The van der Waals surface area contributed by atoms with Gasteiger partial charge in [-0.3, -0.25) is 9.69 Å². The molecular formula is C24H28N2O. The summed E-state index contributed by atoms with van der Waals surface area (Å²) in [6.07, 6.45) is 4.98. The van der Waals surface area contributed by atoms with Crippen LogP contribution in [0, 0.1) is 13.8 Å². The van der Waals surface area contributed by atoms with Crippen LogP contribution < -0.4 is 4.90 Å². The molecule has 2 aromatic carbocycles. The lowest BCUT2D eigenvalue weighted by Crippen LogP contribution is -2.35. The van der Waals surface area contributed by atoms with Gasteiger partial charge in [0.2, 0.25) is 5.91 Å². The average molecular weight is 361 g/mol. The van der Waals surface area contributed by atoms with Gasteiger partial charge in [-0.15, -0.1) is 0 Å². The molecule has 0 fully saturated rings. The number of carbonyl (C=O) groups is 1. The molecule has 0 bridgehead atoms. The molecular weight excluding hydrogens is 332 g/mol. The summed E-state index contributed by atoms with van der Waals surface area (Å²) >= 11 is 0. The Bertz CT molecular complexity index is 863. The number of aryl methyl sites for hydroxylation is 2. The number of carbonyl (C=O) groups excluding carboxylic acids is 1. The van der Waals surface area contributed by atoms with Crippen molar-refractivity contribution in [3.8, 4) is 0 Å². The molecule has 3 nitrogen and oxygen atoms in total. The summed E-state index contributed by atoms with van der Waals surface area (Å²) in [4.78, 5) is 17.1. The van der Waals surface area contributed by atoms with Crippen LogP contribution in [0.1, 0.15) is 35.1 Å². The highest BCUT2D eigenvalue weighted by Gasteiger charge is 2.24. The van der Waals surface area contributed by atoms with E-state index in [-0.39, 0.29) is 5.91 Å². The van der Waals surface area contributed by atoms with Crippen molar-refractivity contribution >= 4 is 17.2 Å². The quantitative estimate of drug-likeness (QED) is 0.808. The minimum atomic E-state index is 0.254. The molecule has 3 heteroatoms. The Morgan fingerprint density at radius 3 is 2.52 bits per heavy atom. The molecule has 0 aliphatic carbocycles. The fourth-order valence-electron chi connectivity index (χ4n) is 4.32. The van der Waals surface area contributed by atoms with E-state index in [0.717, 1.165) is 44.7 Å². The van der Waals surface area contributed by atoms with E-state index in [1.807, 2.05) is 11.0 Å². The summed E-state index contributed by atoms with van der Waals surface area (Å²) in [6, 6.07) is 15.1. The van der Waals surface area contributed by atoms with Crippen molar-refractivity contribution in [2.24, 2.45) is 0 Å². The first-order chi connectivity index (χ1) is 13.1. The van der Waals surface area contributed by atoms with Crippen molar-refractivity contribution < 1.29 is 4.79 Å². The first-order valence-corrected chi connectivity index (χ1v) is 9.98. The number of benzene rings is 2. The minimum absolute atomic E-state index is 0.254. The third-order valence-corrected chi connectivity index (χ3v) is 5.72. The number of para-hydroxylation sites is 1. The van der Waals surface area contributed by atoms with E-state index in [1.54, 1.807) is 0 Å². The molecule has 0 unspecified atom stereocenters. The molecule has 2 aliphatic rings. The standard InChI is InChI=1S/C24H28N2O/c1-18-15-19(2)17-22(16-18)20-7-11-25(12-8-20)13-10-24(27)26-14-9-21-5-3-4-6-23(21)26/h3-7,15-17H,8-14H2,1-2H3. The van der Waals surface area contributed by atoms with Gasteiger partial charge in [-0.2, -0.15) is 0 Å². The normalized spacial score (nSPS) is 17.0. The summed E-state index contributed by atoms with van der Waals surface area (Å²) < 4.78 is 0. The molecule has 2 aromatic rings. The van der Waals surface area contributed by atoms with Gasteiger partial charge in [0.25, 0.3) is 0 Å². The summed E-state index contributed by atoms with van der Waals surface area (Å²) in [5.74, 6) is 0.254. The van der Waals surface area contributed by atoms with E-state index in [1.165, 1.54) is 27.8 Å². The van der Waals surface area contributed by atoms with E-state index in [2.05, 4.69) is 61.2 Å². The largest absolute Gasteiger partial charge is 0.312 e. The number of nitrogens with zero attached hydrogens (tertiary/aromatic N) is 2. The molecule has 0 spiro atoms. The second-order valence-corrected chi connectivity index (χ2v) is 7.83. The van der Waals surface area contributed by atoms with Crippen LogP contribution in [0.5, 0.6) is 0 Å². The maximum absolute atomic E-state index is 12.7. The zero-order valence-electron chi connectivity index (χ0n) is 16.4. The smallest absolute Gasteiger partial charge is 0.228 e. The van der Waals surface area contributed by atoms with Gasteiger partial charge in [0, 0.05) is 38.3 Å². The van der Waals surface area contributed by atoms with Gasteiger partial charge in [0.1, 0.15) is 0 Å². The average Bonchev–Trinajstić information content (AvgIpc) is 3.10. The van der Waals surface area contributed by atoms with Crippen molar-refractivity contribution in [2.45, 2.75) is 33.1 Å². The van der Waals surface area contributed by atoms with Gasteiger partial charge in [0.05, 0.1) is 0 Å². The first kappa shape index (κ1) is 18.0. The molecule has 2 aliphatic heterocycles. The molecule has 0 saturated carbocycles. The van der Waals surface area contributed by atoms with Gasteiger partial charge >= 0.3 is 0 Å². The predicted molar refractivity (Wildman–Crippen MR) is 112 cm³/mol. The van der Waals surface area contributed by atoms with Crippen LogP contribution in [0.25, 0.3) is 5.57 Å². The van der Waals surface area contributed by atoms with Crippen molar-refractivity contribution in [1.29, 1.82) is 0 Å². The van der Waals surface area contributed by atoms with Gasteiger partial charge in [-0.25, -0.2) is 0 Å². The maximum atomic E-state index is 12.7. The molecule has 0 aromatic heterocycles. The third-order valence-electron chi connectivity index (χ3n) is 5.72. The highest BCUT2D eigenvalue weighted by molar-refractivity contribution is 5.95. The molecule has 0 saturated heterocycles. The monoisotopic (exact) mass is 360 g/mol. The molecule has 0 radical (unpaired) electrons. The van der Waals surface area contributed by atoms with Crippen LogP contribution in [-0.2, 0) is 11.2 Å². The van der Waals surface area contributed by atoms with Crippen LogP contribution in [0.4, 0.5) is 5.69 Å². The Balaban J connectivity index is 1.33. The lowest BCUT2D eigenvalue weighted by atomic mass is 9.96. The topological polar surface area (TPSA) is 23.6 Å². The lowest BCUT2D eigenvalue weighted by Gasteiger charge is -2.27. The Kier molecular flexibility index (Phi) is 5.13. The number of fused-ring (bicyclic) bond motifs is 1. The number of rotatable bonds is 4. The Labute approximate surface area is 162 Å². The van der Waals surface area contributed by atoms with E-state index >= 15 is 0 Å². The Morgan fingerprint density at radius 1 is 1.00 bits per heavy atom. The van der Waals surface area contributed by atoms with Crippen molar-refractivity contribution in [3.63, 3.8) is 0 Å². The molecule has 2 heterocycles. The van der Waals surface area contributed by atoms with E-state index in [9.17, 15) is 4.79 Å². The van der Waals surface area contributed by atoms with Crippen LogP contribution in [0.2, 0.25) is 0 Å². The summed E-state index contributed by atoms with van der Waals surface area (Å²) in [5.41, 5.74) is 7.85. The number of hydrogen-bond acceptors (Lipinski definition) is 2. The molecule has 4 rings (SSSR count). The Hall–Kier alpha value is -2.39. The number of anilines is 1. The van der Waals surface area contributed by atoms with Crippen LogP contribution in [0.3, 0.4) is 0 Å². The SMILES string of the molecule is Cc1cc(C)cc(C2=CCN(CCC(=O)N3CCc4ccccc43)CC2)c1. The number of amides is 1. The predicted octanol–water partition coefficient (Wildman–Crippen LogP) is 4.37. The maximum Gasteiger partial charge on any atom is 0.228 e. The molecule has 1 amide bonds. The lowest BCUT2D eigenvalue weighted by molar-refractivity contribution is -0.118. The number of hydrogen-bond donors (Lipinski definition) is 0. The van der Waals surface area contributed by atoms with Crippen molar-refractivity contribution in [2.75, 3.05) is 31.1 Å². The van der Waals surface area contributed by atoms with E-state index < -0.39 is 0 Å². The van der Waals surface area contributed by atoms with Crippen LogP contribution in [0.15, 0.2) is 48.5 Å². The summed E-state index contributed by atoms with van der Waals surface area (Å²) in [7, 11) is 0. The van der Waals surface area contributed by atoms with Gasteiger partial charge in [0.15, 0.2) is 0 Å². The highest BCUT2D eigenvalue weighted by Crippen LogP contribution is 2.28. The second kappa shape index (κ2) is 7.69. The summed E-state index contributed by atoms with van der Waals surface area (Å²) in [5, 5.41) is 0. The zero-order valence-corrected chi connectivity index (χ0v) is 16.4. The second-order valence-electron chi connectivity index (χ2n) is 7.83. The van der Waals surface area contributed by atoms with Crippen LogP contribution >= 0.6 is 0 Å². The molecule has 27 heavy (non-hydrogen) atoms. The fraction of sp³-hybridized carbons (Fsp3) is 0.375. The van der Waals surface area contributed by atoms with E-state index in [4.69, 9.17) is 0 Å². The zero-order chi connectivity index (χ0) is 18.8. The summed E-state index contributed by atoms with van der Waals surface area (Å²) in [6.45, 7) is 7.96. The van der Waals surface area contributed by atoms with Gasteiger partial charge in [-0.05, 0) is 49.5 Å². The van der Waals surface area contributed by atoms with Gasteiger partial charge < -0.3 is 4.90 Å². The van der Waals surface area contributed by atoms with E-state index in [0.29, 0.717) is 6.42 Å². The van der Waals surface area contributed by atoms with Crippen molar-refractivity contribution in [1.82, 2.24) is 4.90 Å². The molecule has 0 N–H and O–H groups in total. The third kappa shape index (κ3) is 3.98. The fourth-order valence-corrected chi connectivity index (χ4v) is 4.32. The van der Waals surface area contributed by atoms with Crippen molar-refractivity contribution in [3.05, 3.63) is 70.8 Å².